The number of esters is 1. The minimum absolute atomic E-state index is 0.0992. The Labute approximate surface area is 93.1 Å². The normalized spacial score (nSPS) is 11.8. The Kier molecular flexibility index (Phi) is 4.44. The van der Waals surface area contributed by atoms with Crippen LogP contribution in [0.4, 0.5) is 0 Å². The monoisotopic (exact) mass is 223 g/mol. The molecule has 1 unspecified atom stereocenters. The van der Waals surface area contributed by atoms with Crippen LogP contribution in [0.15, 0.2) is 24.5 Å². The van der Waals surface area contributed by atoms with E-state index in [4.69, 9.17) is 9.84 Å². The SMILES string of the molecule is CCOC(=O)C(Cc1cccnc1)C(=O)O. The molecule has 0 aliphatic heterocycles. The molecule has 86 valence electrons. The van der Waals surface area contributed by atoms with Crippen LogP contribution in [0.1, 0.15) is 12.5 Å². The van der Waals surface area contributed by atoms with Crippen molar-refractivity contribution >= 4 is 11.9 Å². The first-order chi connectivity index (χ1) is 7.65. The molecule has 0 aromatic carbocycles. The van der Waals surface area contributed by atoms with Crippen LogP contribution in [0.2, 0.25) is 0 Å². The second kappa shape index (κ2) is 5.85. The summed E-state index contributed by atoms with van der Waals surface area (Å²) < 4.78 is 4.70. The third-order valence-electron chi connectivity index (χ3n) is 2.03. The van der Waals surface area contributed by atoms with Gasteiger partial charge in [0.05, 0.1) is 6.61 Å². The molecule has 0 aliphatic carbocycles. The molecule has 0 saturated heterocycles. The van der Waals surface area contributed by atoms with Crippen LogP contribution in [-0.4, -0.2) is 28.6 Å². The number of carboxylic acids is 1. The lowest BCUT2D eigenvalue weighted by Gasteiger charge is -2.10. The van der Waals surface area contributed by atoms with Crippen LogP contribution in [-0.2, 0) is 20.7 Å². The Balaban J connectivity index is 2.73. The number of nitrogens with zero attached hydrogens (tertiary/aromatic N) is 1. The lowest BCUT2D eigenvalue weighted by atomic mass is 10.0. The Hall–Kier alpha value is -1.91. The van der Waals surface area contributed by atoms with E-state index in [9.17, 15) is 9.59 Å². The zero-order valence-electron chi connectivity index (χ0n) is 8.92. The molecule has 16 heavy (non-hydrogen) atoms. The molecular weight excluding hydrogens is 210 g/mol. The molecule has 0 radical (unpaired) electrons. The number of aromatic nitrogens is 1. The van der Waals surface area contributed by atoms with Crippen molar-refractivity contribution in [2.75, 3.05) is 6.61 Å². The third kappa shape index (κ3) is 3.34. The van der Waals surface area contributed by atoms with Gasteiger partial charge in [-0.25, -0.2) is 0 Å². The highest BCUT2D eigenvalue weighted by Gasteiger charge is 2.27. The van der Waals surface area contributed by atoms with Crippen LogP contribution in [0.25, 0.3) is 0 Å². The maximum atomic E-state index is 11.4. The fraction of sp³-hybridized carbons (Fsp3) is 0.364. The molecule has 0 fully saturated rings. The molecular formula is C11H13NO4. The summed E-state index contributed by atoms with van der Waals surface area (Å²) >= 11 is 0. The van der Waals surface area contributed by atoms with E-state index in [1.54, 1.807) is 25.3 Å². The third-order valence-corrected chi connectivity index (χ3v) is 2.03. The van der Waals surface area contributed by atoms with Crippen LogP contribution >= 0.6 is 0 Å². The lowest BCUT2D eigenvalue weighted by molar-refractivity contribution is -0.158. The van der Waals surface area contributed by atoms with Gasteiger partial charge in [-0.1, -0.05) is 6.07 Å². The summed E-state index contributed by atoms with van der Waals surface area (Å²) in [5.74, 6) is -3.05. The maximum absolute atomic E-state index is 11.4. The van der Waals surface area contributed by atoms with Gasteiger partial charge in [0.1, 0.15) is 0 Å². The number of carbonyl (C=O) groups excluding carboxylic acids is 1. The van der Waals surface area contributed by atoms with Crippen LogP contribution in [0.3, 0.4) is 0 Å². The number of carbonyl (C=O) groups is 2. The first-order valence-electron chi connectivity index (χ1n) is 4.93. The minimum atomic E-state index is -1.18. The van der Waals surface area contributed by atoms with Crippen molar-refractivity contribution in [3.8, 4) is 0 Å². The Bertz CT molecular complexity index is 364. The first kappa shape index (κ1) is 12.2. The molecule has 0 saturated carbocycles. The fourth-order valence-corrected chi connectivity index (χ4v) is 1.27. The van der Waals surface area contributed by atoms with E-state index in [0.29, 0.717) is 5.56 Å². The standard InChI is InChI=1S/C11H13NO4/c1-2-16-11(15)9(10(13)14)6-8-4-3-5-12-7-8/h3-5,7,9H,2,6H2,1H3,(H,13,14). The maximum Gasteiger partial charge on any atom is 0.320 e. The largest absolute Gasteiger partial charge is 0.481 e. The van der Waals surface area contributed by atoms with Gasteiger partial charge < -0.3 is 9.84 Å². The number of rotatable bonds is 5. The summed E-state index contributed by atoms with van der Waals surface area (Å²) in [6.45, 7) is 1.82. The summed E-state index contributed by atoms with van der Waals surface area (Å²) in [5.41, 5.74) is 0.697. The highest BCUT2D eigenvalue weighted by Crippen LogP contribution is 2.10. The predicted molar refractivity (Wildman–Crippen MR) is 55.7 cm³/mol. The smallest absolute Gasteiger partial charge is 0.320 e. The molecule has 1 N–H and O–H groups in total. The van der Waals surface area contributed by atoms with Gasteiger partial charge in [0.15, 0.2) is 5.92 Å². The number of carboxylic acid groups (broad SMARTS) is 1. The topological polar surface area (TPSA) is 76.5 Å². The van der Waals surface area contributed by atoms with Crippen molar-refractivity contribution in [2.45, 2.75) is 13.3 Å². The number of ether oxygens (including phenoxy) is 1. The quantitative estimate of drug-likeness (QED) is 0.592. The van der Waals surface area contributed by atoms with E-state index in [1.165, 1.54) is 6.20 Å². The Morgan fingerprint density at radius 1 is 1.56 bits per heavy atom. The van der Waals surface area contributed by atoms with Crippen LogP contribution < -0.4 is 0 Å². The molecule has 0 amide bonds. The van der Waals surface area contributed by atoms with Crippen molar-refractivity contribution in [3.05, 3.63) is 30.1 Å². The van der Waals surface area contributed by atoms with Crippen molar-refractivity contribution in [3.63, 3.8) is 0 Å². The molecule has 1 heterocycles. The van der Waals surface area contributed by atoms with E-state index in [1.807, 2.05) is 0 Å². The number of pyridine rings is 1. The first-order valence-corrected chi connectivity index (χ1v) is 4.93. The van der Waals surface area contributed by atoms with Crippen LogP contribution in [0.5, 0.6) is 0 Å². The van der Waals surface area contributed by atoms with E-state index >= 15 is 0 Å². The van der Waals surface area contributed by atoms with Gasteiger partial charge in [0.2, 0.25) is 0 Å². The average Bonchev–Trinajstić information content (AvgIpc) is 2.27. The number of aliphatic carboxylic acids is 1. The molecule has 1 atom stereocenters. The lowest BCUT2D eigenvalue weighted by Crippen LogP contribution is -2.28. The van der Waals surface area contributed by atoms with E-state index in [0.717, 1.165) is 0 Å². The Morgan fingerprint density at radius 3 is 2.81 bits per heavy atom. The summed E-state index contributed by atoms with van der Waals surface area (Å²) in [6.07, 6.45) is 3.22. The molecule has 5 nitrogen and oxygen atoms in total. The number of hydrogen-bond acceptors (Lipinski definition) is 4. The molecule has 5 heteroatoms. The Morgan fingerprint density at radius 2 is 2.31 bits per heavy atom. The van der Waals surface area contributed by atoms with Gasteiger partial charge in [-0.3, -0.25) is 14.6 Å². The predicted octanol–water partition coefficient (Wildman–Crippen LogP) is 0.888. The summed E-state index contributed by atoms with van der Waals surface area (Å²) in [5, 5.41) is 8.91. The van der Waals surface area contributed by atoms with Gasteiger partial charge in [0.25, 0.3) is 0 Å². The minimum Gasteiger partial charge on any atom is -0.481 e. The highest BCUT2D eigenvalue weighted by molar-refractivity contribution is 5.94. The van der Waals surface area contributed by atoms with E-state index < -0.39 is 17.9 Å². The molecule has 1 rings (SSSR count). The molecule has 0 bridgehead atoms. The zero-order valence-corrected chi connectivity index (χ0v) is 8.92. The zero-order chi connectivity index (χ0) is 12.0. The summed E-state index contributed by atoms with van der Waals surface area (Å²) in [7, 11) is 0. The van der Waals surface area contributed by atoms with Crippen molar-refractivity contribution in [2.24, 2.45) is 5.92 Å². The molecule has 1 aromatic heterocycles. The van der Waals surface area contributed by atoms with Gasteiger partial charge in [-0.15, -0.1) is 0 Å². The fourth-order valence-electron chi connectivity index (χ4n) is 1.27. The highest BCUT2D eigenvalue weighted by atomic mass is 16.5. The number of hydrogen-bond donors (Lipinski definition) is 1. The average molecular weight is 223 g/mol. The van der Waals surface area contributed by atoms with Gasteiger partial charge in [-0.05, 0) is 25.0 Å². The van der Waals surface area contributed by atoms with Gasteiger partial charge >= 0.3 is 11.9 Å². The molecule has 1 aromatic rings. The van der Waals surface area contributed by atoms with Gasteiger partial charge in [0, 0.05) is 12.4 Å². The van der Waals surface area contributed by atoms with Crippen molar-refractivity contribution < 1.29 is 19.4 Å². The van der Waals surface area contributed by atoms with Crippen LogP contribution in [0, 0.1) is 5.92 Å². The van der Waals surface area contributed by atoms with E-state index in [2.05, 4.69) is 4.98 Å². The van der Waals surface area contributed by atoms with Crippen molar-refractivity contribution in [1.82, 2.24) is 4.98 Å². The van der Waals surface area contributed by atoms with Gasteiger partial charge in [-0.2, -0.15) is 0 Å². The molecule has 0 aliphatic rings. The second-order valence-electron chi connectivity index (χ2n) is 3.21. The summed E-state index contributed by atoms with van der Waals surface area (Å²) in [6, 6.07) is 3.42. The molecule has 0 spiro atoms. The van der Waals surface area contributed by atoms with E-state index in [-0.39, 0.29) is 13.0 Å². The second-order valence-corrected chi connectivity index (χ2v) is 3.21. The van der Waals surface area contributed by atoms with Crippen molar-refractivity contribution in [1.29, 1.82) is 0 Å². The summed E-state index contributed by atoms with van der Waals surface area (Å²) in [4.78, 5) is 26.1.